The van der Waals surface area contributed by atoms with Gasteiger partial charge in [-0.2, -0.15) is 5.26 Å². The van der Waals surface area contributed by atoms with Crippen LogP contribution in [0.3, 0.4) is 0 Å². The predicted octanol–water partition coefficient (Wildman–Crippen LogP) is 0.464. The second kappa shape index (κ2) is 8.45. The van der Waals surface area contributed by atoms with Crippen LogP contribution < -0.4 is 16.8 Å². The van der Waals surface area contributed by atoms with Crippen molar-refractivity contribution in [3.63, 3.8) is 0 Å². The van der Waals surface area contributed by atoms with Gasteiger partial charge in [0.15, 0.2) is 5.82 Å². The van der Waals surface area contributed by atoms with Crippen molar-refractivity contribution in [2.75, 3.05) is 13.1 Å². The van der Waals surface area contributed by atoms with E-state index in [1.165, 1.54) is 0 Å². The lowest BCUT2D eigenvalue weighted by Crippen LogP contribution is -2.65. The Morgan fingerprint density at radius 2 is 2.07 bits per heavy atom. The molecule has 2 aromatic carbocycles. The lowest BCUT2D eigenvalue weighted by atomic mass is 10.0. The number of amides is 1. The van der Waals surface area contributed by atoms with Gasteiger partial charge in [-0.25, -0.2) is 4.98 Å². The lowest BCUT2D eigenvalue weighted by molar-refractivity contribution is -0.423. The number of carbonyl (C=O) groups is 1. The maximum Gasteiger partial charge on any atom is 0.287 e. The summed E-state index contributed by atoms with van der Waals surface area (Å²) in [5, 5.41) is 11.9. The van der Waals surface area contributed by atoms with Crippen LogP contribution in [0.1, 0.15) is 29.0 Å². The first-order chi connectivity index (χ1) is 13.1. The van der Waals surface area contributed by atoms with E-state index in [9.17, 15) is 4.79 Å². The largest absolute Gasteiger partial charge is 0.358 e. The topological polar surface area (TPSA) is 137 Å². The highest BCUT2D eigenvalue weighted by Gasteiger charge is 2.14. The fourth-order valence-electron chi connectivity index (χ4n) is 2.92. The SMILES string of the molecule is N#Cc1cccc(-c2ccc3nc(C(=O)NC[C@@H]([NH3+])CCC[NH3+])[nH]c3c2)c1. The molecule has 0 fully saturated rings. The number of aromatic amines is 1. The van der Waals surface area contributed by atoms with Crippen LogP contribution in [0.2, 0.25) is 0 Å². The molecule has 1 amide bonds. The van der Waals surface area contributed by atoms with Crippen LogP contribution in [0.5, 0.6) is 0 Å². The second-order valence-electron chi connectivity index (χ2n) is 6.58. The van der Waals surface area contributed by atoms with E-state index in [1.807, 2.05) is 36.4 Å². The molecule has 8 N–H and O–H groups in total. The maximum absolute atomic E-state index is 12.3. The molecule has 1 atom stereocenters. The van der Waals surface area contributed by atoms with Crippen molar-refractivity contribution in [3.05, 3.63) is 53.9 Å². The number of quaternary nitrogens is 2. The Hall–Kier alpha value is -3.21. The molecule has 0 aliphatic rings. The molecule has 7 nitrogen and oxygen atoms in total. The highest BCUT2D eigenvalue weighted by atomic mass is 16.2. The zero-order valence-corrected chi connectivity index (χ0v) is 15.2. The Morgan fingerprint density at radius 3 is 2.85 bits per heavy atom. The first-order valence-electron chi connectivity index (χ1n) is 9.01. The molecule has 0 unspecified atom stereocenters. The molecule has 1 heterocycles. The summed E-state index contributed by atoms with van der Waals surface area (Å²) in [6.07, 6.45) is 1.94. The van der Waals surface area contributed by atoms with Crippen LogP contribution >= 0.6 is 0 Å². The summed E-state index contributed by atoms with van der Waals surface area (Å²) in [4.78, 5) is 19.8. The molecule has 7 heteroatoms. The minimum atomic E-state index is -0.234. The average molecular weight is 364 g/mol. The fraction of sp³-hybridized carbons (Fsp3) is 0.250. The summed E-state index contributed by atoms with van der Waals surface area (Å²) in [5.41, 5.74) is 11.9. The summed E-state index contributed by atoms with van der Waals surface area (Å²) in [5.74, 6) is 0.0554. The molecule has 0 bridgehead atoms. The van der Waals surface area contributed by atoms with Gasteiger partial charge in [0.2, 0.25) is 0 Å². The number of hydrogen-bond acceptors (Lipinski definition) is 3. The Kier molecular flexibility index (Phi) is 5.81. The molecule has 138 valence electrons. The number of hydrogen-bond donors (Lipinski definition) is 4. The molecular formula is C20H24N6O+2. The molecule has 0 aliphatic carbocycles. The van der Waals surface area contributed by atoms with Crippen molar-refractivity contribution in [2.24, 2.45) is 0 Å². The van der Waals surface area contributed by atoms with Crippen LogP contribution in [-0.2, 0) is 0 Å². The zero-order chi connectivity index (χ0) is 19.2. The molecule has 0 saturated heterocycles. The van der Waals surface area contributed by atoms with Gasteiger partial charge < -0.3 is 21.8 Å². The van der Waals surface area contributed by atoms with Gasteiger partial charge in [-0.1, -0.05) is 18.2 Å². The summed E-state index contributed by atoms with van der Waals surface area (Å²) in [6, 6.07) is 15.5. The van der Waals surface area contributed by atoms with Crippen molar-refractivity contribution in [3.8, 4) is 17.2 Å². The van der Waals surface area contributed by atoms with Crippen LogP contribution in [0.15, 0.2) is 42.5 Å². The van der Waals surface area contributed by atoms with Gasteiger partial charge in [0.1, 0.15) is 6.04 Å². The number of rotatable bonds is 7. The zero-order valence-electron chi connectivity index (χ0n) is 15.2. The second-order valence-corrected chi connectivity index (χ2v) is 6.58. The molecule has 1 aromatic heterocycles. The van der Waals surface area contributed by atoms with Crippen LogP contribution in [0.25, 0.3) is 22.2 Å². The molecule has 0 radical (unpaired) electrons. The number of nitrogens with zero attached hydrogens (tertiary/aromatic N) is 2. The van der Waals surface area contributed by atoms with Crippen molar-refractivity contribution >= 4 is 16.9 Å². The lowest BCUT2D eigenvalue weighted by Gasteiger charge is -2.07. The molecule has 0 spiro atoms. The Bertz CT molecular complexity index is 988. The number of nitriles is 1. The predicted molar refractivity (Wildman–Crippen MR) is 102 cm³/mol. The summed E-state index contributed by atoms with van der Waals surface area (Å²) in [6.45, 7) is 1.39. The number of nitrogens with one attached hydrogen (secondary N) is 2. The van der Waals surface area contributed by atoms with Gasteiger partial charge in [-0.3, -0.25) is 4.79 Å². The average Bonchev–Trinajstić information content (AvgIpc) is 3.13. The van der Waals surface area contributed by atoms with Gasteiger partial charge in [0, 0.05) is 12.8 Å². The van der Waals surface area contributed by atoms with Crippen molar-refractivity contribution < 1.29 is 16.3 Å². The maximum atomic E-state index is 12.3. The molecule has 0 saturated carbocycles. The van der Waals surface area contributed by atoms with E-state index < -0.39 is 0 Å². The smallest absolute Gasteiger partial charge is 0.287 e. The van der Waals surface area contributed by atoms with E-state index in [1.54, 1.807) is 6.07 Å². The van der Waals surface area contributed by atoms with E-state index in [-0.39, 0.29) is 17.8 Å². The van der Waals surface area contributed by atoms with Crippen molar-refractivity contribution in [2.45, 2.75) is 18.9 Å². The fourth-order valence-corrected chi connectivity index (χ4v) is 2.92. The van der Waals surface area contributed by atoms with E-state index in [4.69, 9.17) is 5.26 Å². The van der Waals surface area contributed by atoms with E-state index in [0.717, 1.165) is 41.5 Å². The molecular weight excluding hydrogens is 340 g/mol. The standard InChI is InChI=1S/C20H22N6O/c21-8-2-5-16(23)12-24-20(27)19-25-17-7-6-15(10-18(17)26-19)14-4-1-3-13(9-14)11-22/h1,3-4,6-7,9-10,16H,2,5,8,12,21,23H2,(H,24,27)(H,25,26)/p+2/t16-/m0/s1. The van der Waals surface area contributed by atoms with Crippen LogP contribution in [0.4, 0.5) is 0 Å². The Balaban J connectivity index is 1.75. The van der Waals surface area contributed by atoms with E-state index in [0.29, 0.717) is 12.1 Å². The minimum Gasteiger partial charge on any atom is -0.358 e. The molecule has 3 rings (SSSR count). The quantitative estimate of drug-likeness (QED) is 0.485. The van der Waals surface area contributed by atoms with Gasteiger partial charge in [0.25, 0.3) is 5.91 Å². The normalized spacial score (nSPS) is 11.9. The van der Waals surface area contributed by atoms with Gasteiger partial charge >= 0.3 is 0 Å². The Morgan fingerprint density at radius 1 is 1.26 bits per heavy atom. The van der Waals surface area contributed by atoms with Gasteiger partial charge in [-0.05, 0) is 35.4 Å². The van der Waals surface area contributed by atoms with Gasteiger partial charge in [-0.15, -0.1) is 0 Å². The Labute approximate surface area is 157 Å². The summed E-state index contributed by atoms with van der Waals surface area (Å²) >= 11 is 0. The van der Waals surface area contributed by atoms with Crippen molar-refractivity contribution in [1.29, 1.82) is 5.26 Å². The van der Waals surface area contributed by atoms with E-state index >= 15 is 0 Å². The number of carbonyl (C=O) groups excluding carboxylic acids is 1. The number of imidazole rings is 1. The number of H-pyrrole nitrogens is 1. The number of fused-ring (bicyclic) bond motifs is 1. The number of aromatic nitrogens is 2. The molecule has 3 aromatic rings. The highest BCUT2D eigenvalue weighted by molar-refractivity contribution is 5.94. The third-order valence-corrected chi connectivity index (χ3v) is 4.44. The summed E-state index contributed by atoms with van der Waals surface area (Å²) < 4.78 is 0. The third-order valence-electron chi connectivity index (χ3n) is 4.44. The summed E-state index contributed by atoms with van der Waals surface area (Å²) in [7, 11) is 0. The minimum absolute atomic E-state index is 0.166. The monoisotopic (exact) mass is 364 g/mol. The highest BCUT2D eigenvalue weighted by Crippen LogP contribution is 2.24. The van der Waals surface area contributed by atoms with Crippen LogP contribution in [-0.4, -0.2) is 35.0 Å². The van der Waals surface area contributed by atoms with Crippen LogP contribution in [0, 0.1) is 11.3 Å². The molecule has 27 heavy (non-hydrogen) atoms. The first kappa shape index (κ1) is 18.6. The number of benzene rings is 2. The molecule has 0 aliphatic heterocycles. The third kappa shape index (κ3) is 4.50. The van der Waals surface area contributed by atoms with Gasteiger partial charge in [0.05, 0.1) is 35.8 Å². The van der Waals surface area contributed by atoms with Crippen molar-refractivity contribution in [1.82, 2.24) is 15.3 Å². The first-order valence-corrected chi connectivity index (χ1v) is 9.01. The van der Waals surface area contributed by atoms with E-state index in [2.05, 4.69) is 32.8 Å².